The second-order valence-electron chi connectivity index (χ2n) is 5.44. The van der Waals surface area contributed by atoms with Crippen molar-refractivity contribution < 1.29 is 0 Å². The van der Waals surface area contributed by atoms with Crippen LogP contribution in [0.5, 0.6) is 0 Å². The SMILES string of the molecule is Cc1ccc(C)c(C(N)c2ccc3ccccc3c2)c1. The molecule has 0 amide bonds. The van der Waals surface area contributed by atoms with Gasteiger partial charge in [-0.3, -0.25) is 0 Å². The van der Waals surface area contributed by atoms with Gasteiger partial charge in [-0.1, -0.05) is 60.2 Å². The molecule has 0 aromatic heterocycles. The average molecular weight is 261 g/mol. The molecule has 3 aromatic rings. The lowest BCUT2D eigenvalue weighted by atomic mass is 9.93. The Morgan fingerprint density at radius 2 is 1.55 bits per heavy atom. The zero-order valence-corrected chi connectivity index (χ0v) is 11.9. The molecule has 1 heteroatoms. The Morgan fingerprint density at radius 3 is 2.35 bits per heavy atom. The fourth-order valence-electron chi connectivity index (χ4n) is 2.68. The van der Waals surface area contributed by atoms with E-state index in [9.17, 15) is 0 Å². The molecule has 3 rings (SSSR count). The van der Waals surface area contributed by atoms with Gasteiger partial charge in [0.05, 0.1) is 6.04 Å². The lowest BCUT2D eigenvalue weighted by molar-refractivity contribution is 0.861. The summed E-state index contributed by atoms with van der Waals surface area (Å²) in [5, 5.41) is 2.50. The van der Waals surface area contributed by atoms with Gasteiger partial charge in [0.15, 0.2) is 0 Å². The molecule has 1 nitrogen and oxygen atoms in total. The summed E-state index contributed by atoms with van der Waals surface area (Å²) in [6, 6.07) is 21.3. The summed E-state index contributed by atoms with van der Waals surface area (Å²) in [7, 11) is 0. The molecule has 0 fully saturated rings. The van der Waals surface area contributed by atoms with Gasteiger partial charge in [-0.15, -0.1) is 0 Å². The summed E-state index contributed by atoms with van der Waals surface area (Å²) >= 11 is 0. The predicted octanol–water partition coefficient (Wildman–Crippen LogP) is 4.50. The first-order chi connectivity index (χ1) is 9.65. The number of fused-ring (bicyclic) bond motifs is 1. The second-order valence-corrected chi connectivity index (χ2v) is 5.44. The van der Waals surface area contributed by atoms with E-state index in [-0.39, 0.29) is 6.04 Å². The molecule has 0 spiro atoms. The zero-order valence-electron chi connectivity index (χ0n) is 11.9. The van der Waals surface area contributed by atoms with Gasteiger partial charge in [0.25, 0.3) is 0 Å². The topological polar surface area (TPSA) is 26.0 Å². The molecule has 0 radical (unpaired) electrons. The second kappa shape index (κ2) is 5.10. The van der Waals surface area contributed by atoms with E-state index in [1.54, 1.807) is 0 Å². The van der Waals surface area contributed by atoms with Gasteiger partial charge in [0.1, 0.15) is 0 Å². The van der Waals surface area contributed by atoms with Crippen molar-refractivity contribution in [1.29, 1.82) is 0 Å². The Bertz CT molecular complexity index is 759. The van der Waals surface area contributed by atoms with Crippen LogP contribution in [-0.2, 0) is 0 Å². The fraction of sp³-hybridized carbons (Fsp3) is 0.158. The molecule has 0 bridgehead atoms. The summed E-state index contributed by atoms with van der Waals surface area (Å²) in [6.07, 6.45) is 0. The maximum atomic E-state index is 6.48. The molecule has 0 saturated carbocycles. The fourth-order valence-corrected chi connectivity index (χ4v) is 2.68. The third-order valence-corrected chi connectivity index (χ3v) is 3.90. The summed E-state index contributed by atoms with van der Waals surface area (Å²) in [5.74, 6) is 0. The van der Waals surface area contributed by atoms with E-state index in [0.717, 1.165) is 5.56 Å². The lowest BCUT2D eigenvalue weighted by Crippen LogP contribution is -2.13. The van der Waals surface area contributed by atoms with Crippen molar-refractivity contribution in [2.75, 3.05) is 0 Å². The first-order valence-corrected chi connectivity index (χ1v) is 6.96. The van der Waals surface area contributed by atoms with Crippen LogP contribution in [0.1, 0.15) is 28.3 Å². The van der Waals surface area contributed by atoms with Crippen molar-refractivity contribution in [3.05, 3.63) is 82.9 Å². The molecule has 100 valence electrons. The average Bonchev–Trinajstić information content (AvgIpc) is 2.48. The van der Waals surface area contributed by atoms with Crippen molar-refractivity contribution in [1.82, 2.24) is 0 Å². The highest BCUT2D eigenvalue weighted by Crippen LogP contribution is 2.26. The van der Waals surface area contributed by atoms with Crippen LogP contribution in [0, 0.1) is 13.8 Å². The number of hydrogen-bond donors (Lipinski definition) is 1. The Balaban J connectivity index is 2.07. The number of rotatable bonds is 2. The summed E-state index contributed by atoms with van der Waals surface area (Å²) in [6.45, 7) is 4.23. The molecule has 0 heterocycles. The van der Waals surface area contributed by atoms with Crippen LogP contribution in [0.25, 0.3) is 10.8 Å². The molecule has 2 N–H and O–H groups in total. The number of nitrogens with two attached hydrogens (primary N) is 1. The molecule has 1 atom stereocenters. The monoisotopic (exact) mass is 261 g/mol. The van der Waals surface area contributed by atoms with E-state index in [1.165, 1.54) is 27.5 Å². The molecule has 0 saturated heterocycles. The minimum atomic E-state index is -0.0699. The van der Waals surface area contributed by atoms with Crippen LogP contribution < -0.4 is 5.73 Å². The molecular formula is C19H19N. The van der Waals surface area contributed by atoms with E-state index in [1.807, 2.05) is 0 Å². The highest BCUT2D eigenvalue weighted by Gasteiger charge is 2.12. The quantitative estimate of drug-likeness (QED) is 0.722. The van der Waals surface area contributed by atoms with E-state index in [2.05, 4.69) is 74.5 Å². The number of hydrogen-bond acceptors (Lipinski definition) is 1. The van der Waals surface area contributed by atoms with Crippen molar-refractivity contribution in [2.45, 2.75) is 19.9 Å². The van der Waals surface area contributed by atoms with Gasteiger partial charge in [-0.2, -0.15) is 0 Å². The molecule has 0 aliphatic carbocycles. The number of aryl methyl sites for hydroxylation is 2. The van der Waals surface area contributed by atoms with Crippen LogP contribution in [0.4, 0.5) is 0 Å². The van der Waals surface area contributed by atoms with E-state index in [0.29, 0.717) is 0 Å². The van der Waals surface area contributed by atoms with Crippen molar-refractivity contribution in [2.24, 2.45) is 5.73 Å². The minimum absolute atomic E-state index is 0.0699. The molecule has 0 aliphatic heterocycles. The summed E-state index contributed by atoms with van der Waals surface area (Å²) in [4.78, 5) is 0. The largest absolute Gasteiger partial charge is 0.320 e. The van der Waals surface area contributed by atoms with Crippen molar-refractivity contribution in [3.8, 4) is 0 Å². The third kappa shape index (κ3) is 2.33. The van der Waals surface area contributed by atoms with E-state index in [4.69, 9.17) is 5.73 Å². The van der Waals surface area contributed by atoms with Gasteiger partial charge >= 0.3 is 0 Å². The normalized spacial score (nSPS) is 12.6. The van der Waals surface area contributed by atoms with E-state index < -0.39 is 0 Å². The van der Waals surface area contributed by atoms with Gasteiger partial charge in [0.2, 0.25) is 0 Å². The highest BCUT2D eigenvalue weighted by atomic mass is 14.6. The van der Waals surface area contributed by atoms with Gasteiger partial charge < -0.3 is 5.73 Å². The maximum Gasteiger partial charge on any atom is 0.0554 e. The molecule has 3 aromatic carbocycles. The van der Waals surface area contributed by atoms with Crippen molar-refractivity contribution in [3.63, 3.8) is 0 Å². The third-order valence-electron chi connectivity index (χ3n) is 3.90. The van der Waals surface area contributed by atoms with Gasteiger partial charge in [-0.25, -0.2) is 0 Å². The lowest BCUT2D eigenvalue weighted by Gasteiger charge is -2.16. The van der Waals surface area contributed by atoms with E-state index >= 15 is 0 Å². The highest BCUT2D eigenvalue weighted by molar-refractivity contribution is 5.83. The Hall–Kier alpha value is -2.12. The molecule has 1 unspecified atom stereocenters. The first-order valence-electron chi connectivity index (χ1n) is 6.96. The number of benzene rings is 3. The standard InChI is InChI=1S/C19H19N/c1-13-7-8-14(2)18(11-13)19(20)17-10-9-15-5-3-4-6-16(15)12-17/h3-12,19H,20H2,1-2H3. The Kier molecular flexibility index (Phi) is 3.29. The molecule has 20 heavy (non-hydrogen) atoms. The maximum absolute atomic E-state index is 6.48. The van der Waals surface area contributed by atoms with Crippen LogP contribution in [0.15, 0.2) is 60.7 Å². The van der Waals surface area contributed by atoms with Gasteiger partial charge in [-0.05, 0) is 47.4 Å². The zero-order chi connectivity index (χ0) is 14.1. The van der Waals surface area contributed by atoms with Crippen LogP contribution in [0.3, 0.4) is 0 Å². The van der Waals surface area contributed by atoms with Crippen LogP contribution in [-0.4, -0.2) is 0 Å². The first kappa shape index (κ1) is 12.9. The van der Waals surface area contributed by atoms with Crippen molar-refractivity contribution >= 4 is 10.8 Å². The molecular weight excluding hydrogens is 242 g/mol. The minimum Gasteiger partial charge on any atom is -0.320 e. The molecule has 0 aliphatic rings. The summed E-state index contributed by atoms with van der Waals surface area (Å²) < 4.78 is 0. The summed E-state index contributed by atoms with van der Waals surface area (Å²) in [5.41, 5.74) is 11.3. The predicted molar refractivity (Wildman–Crippen MR) is 85.9 cm³/mol. The Labute approximate surface area is 120 Å². The Morgan fingerprint density at radius 1 is 0.800 bits per heavy atom. The van der Waals surface area contributed by atoms with Crippen LogP contribution in [0.2, 0.25) is 0 Å². The van der Waals surface area contributed by atoms with Gasteiger partial charge in [0, 0.05) is 0 Å². The van der Waals surface area contributed by atoms with Crippen LogP contribution >= 0.6 is 0 Å². The smallest absolute Gasteiger partial charge is 0.0554 e.